The minimum absolute atomic E-state index is 0. The maximum absolute atomic E-state index is 12.1. The Balaban J connectivity index is 0.00000841. The molecular weight excluding hydrogens is 495 g/mol. The maximum atomic E-state index is 12.1. The van der Waals surface area contributed by atoms with Crippen LogP contribution in [-0.4, -0.2) is 53.1 Å². The molecule has 0 bridgehead atoms. The van der Waals surface area contributed by atoms with Crippen LogP contribution in [0.1, 0.15) is 65.3 Å². The summed E-state index contributed by atoms with van der Waals surface area (Å²) in [6.45, 7) is 16.7. The third kappa shape index (κ3) is 12.2. The second kappa shape index (κ2) is 14.5. The zero-order valence-electron chi connectivity index (χ0n) is 19.7. The number of nitrogens with one attached hydrogen (secondary N) is 3. The Labute approximate surface area is 199 Å². The number of aryl methyl sites for hydroxylation is 3. The Morgan fingerprint density at radius 1 is 1.27 bits per heavy atom. The van der Waals surface area contributed by atoms with Gasteiger partial charge in [0, 0.05) is 25.3 Å². The molecule has 3 N–H and O–H groups in total. The molecule has 0 saturated heterocycles. The molecule has 8 nitrogen and oxygen atoms in total. The van der Waals surface area contributed by atoms with E-state index in [1.165, 1.54) is 5.69 Å². The molecule has 0 aliphatic heterocycles. The molecule has 1 rings (SSSR count). The van der Waals surface area contributed by atoms with E-state index in [0.717, 1.165) is 50.6 Å². The average molecular weight is 537 g/mol. The molecule has 0 radical (unpaired) electrons. The van der Waals surface area contributed by atoms with Crippen LogP contribution in [0.2, 0.25) is 0 Å². The molecule has 0 aromatic carbocycles. The highest BCUT2D eigenvalue weighted by atomic mass is 127. The number of amides is 1. The predicted octanol–water partition coefficient (Wildman–Crippen LogP) is 3.76. The molecule has 1 unspecified atom stereocenters. The predicted molar refractivity (Wildman–Crippen MR) is 134 cm³/mol. The zero-order valence-corrected chi connectivity index (χ0v) is 22.0. The second-order valence-electron chi connectivity index (χ2n) is 8.28. The summed E-state index contributed by atoms with van der Waals surface area (Å²) < 4.78 is 7.39. The van der Waals surface area contributed by atoms with Crippen LogP contribution < -0.4 is 16.0 Å². The van der Waals surface area contributed by atoms with E-state index in [2.05, 4.69) is 46.0 Å². The summed E-state index contributed by atoms with van der Waals surface area (Å²) in [6, 6.07) is 2.03. The number of guanidine groups is 1. The Kier molecular flexibility index (Phi) is 13.7. The fourth-order valence-corrected chi connectivity index (χ4v) is 2.91. The van der Waals surface area contributed by atoms with E-state index in [9.17, 15) is 4.79 Å². The Morgan fingerprint density at radius 3 is 2.50 bits per heavy atom. The third-order valence-corrected chi connectivity index (χ3v) is 4.11. The lowest BCUT2D eigenvalue weighted by Crippen LogP contribution is -2.42. The molecule has 0 fully saturated rings. The summed E-state index contributed by atoms with van der Waals surface area (Å²) in [5.41, 5.74) is 1.72. The summed E-state index contributed by atoms with van der Waals surface area (Å²) in [4.78, 5) is 16.7. The number of halogens is 1. The van der Waals surface area contributed by atoms with Crippen molar-refractivity contribution in [3.8, 4) is 0 Å². The lowest BCUT2D eigenvalue weighted by atomic mass is 10.1. The fraction of sp³-hybridized carbons (Fsp3) is 0.762. The molecule has 0 spiro atoms. The van der Waals surface area contributed by atoms with Crippen LogP contribution >= 0.6 is 24.0 Å². The van der Waals surface area contributed by atoms with E-state index in [1.807, 2.05) is 39.3 Å². The van der Waals surface area contributed by atoms with Gasteiger partial charge in [-0.3, -0.25) is 9.67 Å². The van der Waals surface area contributed by atoms with Gasteiger partial charge in [0.25, 0.3) is 0 Å². The van der Waals surface area contributed by atoms with E-state index >= 15 is 0 Å². The molecule has 9 heteroatoms. The van der Waals surface area contributed by atoms with E-state index in [0.29, 0.717) is 6.54 Å². The monoisotopic (exact) mass is 536 g/mol. The Hall–Kier alpha value is -1.52. The number of rotatable bonds is 10. The number of hydrogen-bond donors (Lipinski definition) is 3. The van der Waals surface area contributed by atoms with Gasteiger partial charge in [-0.25, -0.2) is 4.79 Å². The molecule has 1 aromatic rings. The molecule has 0 saturated carbocycles. The van der Waals surface area contributed by atoms with Gasteiger partial charge < -0.3 is 20.7 Å². The van der Waals surface area contributed by atoms with Crippen LogP contribution in [0.25, 0.3) is 0 Å². The van der Waals surface area contributed by atoms with Gasteiger partial charge in [0.2, 0.25) is 0 Å². The lowest BCUT2D eigenvalue weighted by molar-refractivity contribution is 0.0503. The van der Waals surface area contributed by atoms with Crippen molar-refractivity contribution in [3.05, 3.63) is 17.5 Å². The van der Waals surface area contributed by atoms with Gasteiger partial charge in [-0.05, 0) is 60.5 Å². The number of carbonyl (C=O) groups is 1. The molecule has 1 heterocycles. The number of hydrogen-bond acceptors (Lipinski definition) is 4. The van der Waals surface area contributed by atoms with Crippen molar-refractivity contribution in [2.75, 3.05) is 19.6 Å². The van der Waals surface area contributed by atoms with Gasteiger partial charge in [0.1, 0.15) is 5.60 Å². The summed E-state index contributed by atoms with van der Waals surface area (Å²) in [6.07, 6.45) is 2.36. The van der Waals surface area contributed by atoms with Gasteiger partial charge in [-0.2, -0.15) is 5.10 Å². The number of nitrogens with zero attached hydrogens (tertiary/aromatic N) is 3. The first-order chi connectivity index (χ1) is 13.6. The van der Waals surface area contributed by atoms with Crippen molar-refractivity contribution >= 4 is 36.0 Å². The quantitative estimate of drug-likeness (QED) is 0.183. The first-order valence-corrected chi connectivity index (χ1v) is 10.7. The average Bonchev–Trinajstić information content (AvgIpc) is 2.92. The number of aliphatic imine (C=N–C) groups is 1. The van der Waals surface area contributed by atoms with Crippen molar-refractivity contribution in [1.29, 1.82) is 0 Å². The van der Waals surface area contributed by atoms with Gasteiger partial charge in [0.15, 0.2) is 5.96 Å². The molecule has 30 heavy (non-hydrogen) atoms. The summed E-state index contributed by atoms with van der Waals surface area (Å²) in [7, 11) is 0. The zero-order chi connectivity index (χ0) is 21.9. The van der Waals surface area contributed by atoms with Crippen LogP contribution in [0, 0.1) is 13.8 Å². The number of carbonyl (C=O) groups excluding carboxylic acids is 1. The van der Waals surface area contributed by atoms with Crippen molar-refractivity contribution < 1.29 is 9.53 Å². The first kappa shape index (κ1) is 28.5. The van der Waals surface area contributed by atoms with Crippen LogP contribution in [0.5, 0.6) is 0 Å². The van der Waals surface area contributed by atoms with E-state index in [1.54, 1.807) is 0 Å². The molecule has 174 valence electrons. The Morgan fingerprint density at radius 2 is 1.97 bits per heavy atom. The molecule has 1 atom stereocenters. The largest absolute Gasteiger partial charge is 0.444 e. The summed E-state index contributed by atoms with van der Waals surface area (Å²) in [5.74, 6) is 0.757. The normalized spacial score (nSPS) is 12.7. The highest BCUT2D eigenvalue weighted by Crippen LogP contribution is 2.08. The van der Waals surface area contributed by atoms with Crippen molar-refractivity contribution in [2.24, 2.45) is 4.99 Å². The highest BCUT2D eigenvalue weighted by Gasteiger charge is 2.19. The van der Waals surface area contributed by atoms with Gasteiger partial charge >= 0.3 is 6.09 Å². The maximum Gasteiger partial charge on any atom is 0.407 e. The van der Waals surface area contributed by atoms with Gasteiger partial charge in [0.05, 0.1) is 18.3 Å². The fourth-order valence-electron chi connectivity index (χ4n) is 2.91. The van der Waals surface area contributed by atoms with E-state index in [-0.39, 0.29) is 30.0 Å². The minimum atomic E-state index is -0.508. The van der Waals surface area contributed by atoms with Crippen LogP contribution in [-0.2, 0) is 11.3 Å². The van der Waals surface area contributed by atoms with E-state index in [4.69, 9.17) is 4.74 Å². The van der Waals surface area contributed by atoms with Crippen LogP contribution in [0.4, 0.5) is 4.79 Å². The van der Waals surface area contributed by atoms with Gasteiger partial charge in [-0.1, -0.05) is 13.3 Å². The first-order valence-electron chi connectivity index (χ1n) is 10.7. The smallest absolute Gasteiger partial charge is 0.407 e. The van der Waals surface area contributed by atoms with Crippen molar-refractivity contribution in [1.82, 2.24) is 25.7 Å². The number of ether oxygens (including phenoxy) is 1. The van der Waals surface area contributed by atoms with Crippen LogP contribution in [0.15, 0.2) is 11.1 Å². The van der Waals surface area contributed by atoms with Crippen molar-refractivity contribution in [3.63, 3.8) is 0 Å². The summed E-state index contributed by atoms with van der Waals surface area (Å²) in [5, 5.41) is 14.0. The second-order valence-corrected chi connectivity index (χ2v) is 8.28. The SMILES string of the molecule is CCCC(CN=C(NCC)NCCCn1nc(C)cc1C)NC(=O)OC(C)(C)C.I. The number of alkyl carbamates (subject to hydrolysis) is 1. The standard InChI is InChI=1S/C21H40N6O2.HI/c1-8-11-18(25-20(28)29-21(5,6)7)15-24-19(22-9-2)23-12-10-13-27-17(4)14-16(3)26-27;/h14,18H,8-13,15H2,1-7H3,(H,25,28)(H2,22,23,24);1H. The van der Waals surface area contributed by atoms with Crippen LogP contribution in [0.3, 0.4) is 0 Å². The Bertz CT molecular complexity index is 654. The molecule has 0 aliphatic rings. The lowest BCUT2D eigenvalue weighted by Gasteiger charge is -2.23. The number of aromatic nitrogens is 2. The van der Waals surface area contributed by atoms with Gasteiger partial charge in [-0.15, -0.1) is 24.0 Å². The minimum Gasteiger partial charge on any atom is -0.444 e. The molecular formula is C21H41IN6O2. The summed E-state index contributed by atoms with van der Waals surface area (Å²) >= 11 is 0. The third-order valence-electron chi connectivity index (χ3n) is 4.11. The molecule has 1 amide bonds. The van der Waals surface area contributed by atoms with E-state index < -0.39 is 11.7 Å². The molecule has 0 aliphatic carbocycles. The topological polar surface area (TPSA) is 92.6 Å². The highest BCUT2D eigenvalue weighted by molar-refractivity contribution is 14.0. The molecule has 1 aromatic heterocycles. The van der Waals surface area contributed by atoms with Crippen molar-refractivity contribution in [2.45, 2.75) is 85.9 Å².